The zero-order chi connectivity index (χ0) is 15.5. The number of fused-ring (bicyclic) bond motifs is 1. The highest BCUT2D eigenvalue weighted by Gasteiger charge is 2.07. The molecule has 0 aliphatic rings. The zero-order valence-corrected chi connectivity index (χ0v) is 12.8. The Balaban J connectivity index is 1.62. The van der Waals surface area contributed by atoms with Crippen molar-refractivity contribution in [2.75, 3.05) is 6.54 Å². The molecule has 112 valence electrons. The smallest absolute Gasteiger partial charge is 0.251 e. The Morgan fingerprint density at radius 1 is 1.18 bits per heavy atom. The van der Waals surface area contributed by atoms with Crippen LogP contribution in [0.15, 0.2) is 42.5 Å². The first-order valence-electron chi connectivity index (χ1n) is 7.42. The van der Waals surface area contributed by atoms with E-state index >= 15 is 0 Å². The second kappa shape index (κ2) is 6.02. The SMILES string of the molecule is Cc1nc2ccc(CCNC(=O)c3ccccc3C)cc2[nH]1. The molecule has 0 atom stereocenters. The third-order valence-electron chi connectivity index (χ3n) is 3.75. The molecule has 0 saturated heterocycles. The van der Waals surface area contributed by atoms with Crippen molar-refractivity contribution in [2.45, 2.75) is 20.3 Å². The molecule has 2 N–H and O–H groups in total. The summed E-state index contributed by atoms with van der Waals surface area (Å²) in [4.78, 5) is 19.8. The number of aryl methyl sites for hydroxylation is 2. The van der Waals surface area contributed by atoms with Crippen LogP contribution >= 0.6 is 0 Å². The molecule has 1 amide bonds. The number of aromatic nitrogens is 2. The van der Waals surface area contributed by atoms with Crippen LogP contribution in [0.4, 0.5) is 0 Å². The summed E-state index contributed by atoms with van der Waals surface area (Å²) in [5.41, 5.74) is 4.93. The minimum absolute atomic E-state index is 0.0171. The van der Waals surface area contributed by atoms with Gasteiger partial charge in [0.25, 0.3) is 5.91 Å². The van der Waals surface area contributed by atoms with Crippen molar-refractivity contribution < 1.29 is 4.79 Å². The van der Waals surface area contributed by atoms with Crippen molar-refractivity contribution in [3.8, 4) is 0 Å². The number of H-pyrrole nitrogens is 1. The van der Waals surface area contributed by atoms with E-state index in [2.05, 4.69) is 27.4 Å². The summed E-state index contributed by atoms with van der Waals surface area (Å²) >= 11 is 0. The summed E-state index contributed by atoms with van der Waals surface area (Å²) in [6.07, 6.45) is 0.797. The average Bonchev–Trinajstić information content (AvgIpc) is 2.87. The Labute approximate surface area is 129 Å². The molecular formula is C18H19N3O. The Hall–Kier alpha value is -2.62. The van der Waals surface area contributed by atoms with Gasteiger partial charge in [-0.25, -0.2) is 4.98 Å². The van der Waals surface area contributed by atoms with Crippen LogP contribution < -0.4 is 5.32 Å². The number of carbonyl (C=O) groups excluding carboxylic acids is 1. The van der Waals surface area contributed by atoms with Crippen LogP contribution in [-0.2, 0) is 6.42 Å². The lowest BCUT2D eigenvalue weighted by Gasteiger charge is -2.07. The Morgan fingerprint density at radius 3 is 2.82 bits per heavy atom. The molecule has 0 bridgehead atoms. The molecule has 1 heterocycles. The maximum atomic E-state index is 12.1. The first-order valence-corrected chi connectivity index (χ1v) is 7.42. The summed E-state index contributed by atoms with van der Waals surface area (Å²) < 4.78 is 0. The zero-order valence-electron chi connectivity index (χ0n) is 12.8. The highest BCUT2D eigenvalue weighted by atomic mass is 16.1. The van der Waals surface area contributed by atoms with Crippen molar-refractivity contribution in [1.82, 2.24) is 15.3 Å². The summed E-state index contributed by atoms with van der Waals surface area (Å²) in [6, 6.07) is 13.8. The van der Waals surface area contributed by atoms with Gasteiger partial charge in [0.1, 0.15) is 5.82 Å². The van der Waals surface area contributed by atoms with Crippen molar-refractivity contribution in [2.24, 2.45) is 0 Å². The van der Waals surface area contributed by atoms with Crippen LogP contribution in [0.3, 0.4) is 0 Å². The van der Waals surface area contributed by atoms with Crippen LogP contribution in [0.25, 0.3) is 11.0 Å². The lowest BCUT2D eigenvalue weighted by Crippen LogP contribution is -2.26. The number of nitrogens with one attached hydrogen (secondary N) is 2. The van der Waals surface area contributed by atoms with Crippen molar-refractivity contribution in [3.63, 3.8) is 0 Å². The molecule has 0 aliphatic heterocycles. The number of imidazole rings is 1. The van der Waals surface area contributed by atoms with Crippen LogP contribution in [-0.4, -0.2) is 22.4 Å². The van der Waals surface area contributed by atoms with Crippen molar-refractivity contribution >= 4 is 16.9 Å². The van der Waals surface area contributed by atoms with Gasteiger partial charge in [0.05, 0.1) is 11.0 Å². The molecule has 3 rings (SSSR count). The average molecular weight is 293 g/mol. The van der Waals surface area contributed by atoms with Gasteiger partial charge >= 0.3 is 0 Å². The van der Waals surface area contributed by atoms with E-state index in [1.807, 2.05) is 44.2 Å². The first-order chi connectivity index (χ1) is 10.6. The molecule has 4 nitrogen and oxygen atoms in total. The highest BCUT2D eigenvalue weighted by Crippen LogP contribution is 2.14. The molecule has 4 heteroatoms. The fraction of sp³-hybridized carbons (Fsp3) is 0.222. The minimum atomic E-state index is -0.0171. The molecule has 0 spiro atoms. The Morgan fingerprint density at radius 2 is 2.00 bits per heavy atom. The predicted molar refractivity (Wildman–Crippen MR) is 88.0 cm³/mol. The molecule has 2 aromatic carbocycles. The van der Waals surface area contributed by atoms with Gasteiger partial charge < -0.3 is 10.3 Å². The Bertz CT molecular complexity index is 820. The fourth-order valence-electron chi connectivity index (χ4n) is 2.58. The molecule has 0 radical (unpaired) electrons. The Kier molecular flexibility index (Phi) is 3.92. The summed E-state index contributed by atoms with van der Waals surface area (Å²) in [5, 5.41) is 2.98. The fourth-order valence-corrected chi connectivity index (χ4v) is 2.58. The van der Waals surface area contributed by atoms with Gasteiger partial charge in [-0.2, -0.15) is 0 Å². The van der Waals surface area contributed by atoms with Crippen LogP contribution in [0.1, 0.15) is 27.3 Å². The number of rotatable bonds is 4. The van der Waals surface area contributed by atoms with Gasteiger partial charge in [-0.1, -0.05) is 24.3 Å². The predicted octanol–water partition coefficient (Wildman–Crippen LogP) is 3.15. The van der Waals surface area contributed by atoms with Gasteiger partial charge in [-0.05, 0) is 49.6 Å². The third-order valence-corrected chi connectivity index (χ3v) is 3.75. The van der Waals surface area contributed by atoms with Crippen molar-refractivity contribution in [3.05, 3.63) is 65.0 Å². The van der Waals surface area contributed by atoms with Crippen LogP contribution in [0.2, 0.25) is 0 Å². The molecule has 0 saturated carbocycles. The lowest BCUT2D eigenvalue weighted by molar-refractivity contribution is 0.0953. The van der Waals surface area contributed by atoms with Gasteiger partial charge in [0.15, 0.2) is 0 Å². The normalized spacial score (nSPS) is 10.8. The molecule has 0 aliphatic carbocycles. The van der Waals surface area contributed by atoms with Gasteiger partial charge in [-0.3, -0.25) is 4.79 Å². The number of aromatic amines is 1. The quantitative estimate of drug-likeness (QED) is 0.776. The number of hydrogen-bond donors (Lipinski definition) is 2. The number of hydrogen-bond acceptors (Lipinski definition) is 2. The monoisotopic (exact) mass is 293 g/mol. The molecule has 0 fully saturated rings. The van der Waals surface area contributed by atoms with Gasteiger partial charge in [0.2, 0.25) is 0 Å². The van der Waals surface area contributed by atoms with E-state index < -0.39 is 0 Å². The first kappa shape index (κ1) is 14.3. The maximum absolute atomic E-state index is 12.1. The van der Waals surface area contributed by atoms with Crippen molar-refractivity contribution in [1.29, 1.82) is 0 Å². The molecule has 3 aromatic rings. The lowest BCUT2D eigenvalue weighted by atomic mass is 10.1. The van der Waals surface area contributed by atoms with E-state index in [9.17, 15) is 4.79 Å². The van der Waals surface area contributed by atoms with E-state index in [4.69, 9.17) is 0 Å². The maximum Gasteiger partial charge on any atom is 0.251 e. The van der Waals surface area contributed by atoms with Gasteiger partial charge in [0, 0.05) is 12.1 Å². The van der Waals surface area contributed by atoms with Crippen LogP contribution in [0.5, 0.6) is 0 Å². The largest absolute Gasteiger partial charge is 0.352 e. The second-order valence-corrected chi connectivity index (χ2v) is 5.49. The topological polar surface area (TPSA) is 57.8 Å². The minimum Gasteiger partial charge on any atom is -0.352 e. The summed E-state index contributed by atoms with van der Waals surface area (Å²) in [5.74, 6) is 0.900. The van der Waals surface area contributed by atoms with E-state index in [0.29, 0.717) is 6.54 Å². The molecule has 22 heavy (non-hydrogen) atoms. The number of amides is 1. The summed E-state index contributed by atoms with van der Waals surface area (Å²) in [6.45, 7) is 4.51. The molecule has 1 aromatic heterocycles. The van der Waals surface area contributed by atoms with Gasteiger partial charge in [-0.15, -0.1) is 0 Å². The van der Waals surface area contributed by atoms with E-state index in [1.165, 1.54) is 5.56 Å². The summed E-state index contributed by atoms with van der Waals surface area (Å²) in [7, 11) is 0. The van der Waals surface area contributed by atoms with Crippen LogP contribution in [0, 0.1) is 13.8 Å². The number of nitrogens with zero attached hydrogens (tertiary/aromatic N) is 1. The second-order valence-electron chi connectivity index (χ2n) is 5.49. The molecular weight excluding hydrogens is 274 g/mol. The number of benzene rings is 2. The third kappa shape index (κ3) is 3.01. The number of carbonyl (C=O) groups is 1. The molecule has 0 unspecified atom stereocenters. The standard InChI is InChI=1S/C18H19N3O/c1-12-5-3-4-6-15(12)18(22)19-10-9-14-7-8-16-17(11-14)21-13(2)20-16/h3-8,11H,9-10H2,1-2H3,(H,19,22)(H,20,21). The highest BCUT2D eigenvalue weighted by molar-refractivity contribution is 5.95. The van der Waals surface area contributed by atoms with E-state index in [0.717, 1.165) is 34.4 Å². The van der Waals surface area contributed by atoms with E-state index in [-0.39, 0.29) is 5.91 Å². The van der Waals surface area contributed by atoms with E-state index in [1.54, 1.807) is 0 Å².